The van der Waals surface area contributed by atoms with E-state index < -0.39 is 74.5 Å². The molecule has 8 atom stereocenters. The van der Waals surface area contributed by atoms with Crippen molar-refractivity contribution in [2.75, 3.05) is 19.8 Å². The minimum Gasteiger partial charge on any atom is -0.459 e. The van der Waals surface area contributed by atoms with E-state index in [0.29, 0.717) is 0 Å². The molecule has 2 aliphatic heterocycles. The molecule has 0 saturated carbocycles. The topological polar surface area (TPSA) is 164 Å². The van der Waals surface area contributed by atoms with Gasteiger partial charge in [0.1, 0.15) is 37.1 Å². The number of carbonyl (C=O) groups is 1. The predicted octanol–water partition coefficient (Wildman–Crippen LogP) is -0.268. The molecule has 2 heterocycles. The van der Waals surface area contributed by atoms with Crippen LogP contribution in [0.5, 0.6) is 0 Å². The van der Waals surface area contributed by atoms with E-state index in [2.05, 4.69) is 0 Å². The van der Waals surface area contributed by atoms with Crippen LogP contribution in [0.2, 0.25) is 0 Å². The summed E-state index contributed by atoms with van der Waals surface area (Å²) in [6.07, 6.45) is -7.30. The van der Waals surface area contributed by atoms with Crippen molar-refractivity contribution in [1.29, 1.82) is 0 Å². The number of aliphatic hydroxyl groups is 5. The summed E-state index contributed by atoms with van der Waals surface area (Å²) in [5, 5.41) is 52.6. The largest absolute Gasteiger partial charge is 0.459 e. The first kappa shape index (κ1) is 28.3. The number of carbonyl (C=O) groups excluding carboxylic acids is 1. The van der Waals surface area contributed by atoms with Gasteiger partial charge in [0.05, 0.1) is 19.8 Å². The first-order valence-corrected chi connectivity index (χ1v) is 12.2. The summed E-state index contributed by atoms with van der Waals surface area (Å²) in [6.45, 7) is -1.55. The van der Waals surface area contributed by atoms with E-state index in [1.165, 1.54) is 6.08 Å². The molecule has 0 aliphatic carbocycles. The van der Waals surface area contributed by atoms with Gasteiger partial charge in [-0.2, -0.15) is 0 Å². The summed E-state index contributed by atoms with van der Waals surface area (Å²) in [4.78, 5) is 12.1. The second-order valence-corrected chi connectivity index (χ2v) is 9.18. The maximum absolute atomic E-state index is 12.1. The highest BCUT2D eigenvalue weighted by molar-refractivity contribution is 5.87. The van der Waals surface area contributed by atoms with Crippen LogP contribution in [0.4, 0.5) is 0 Å². The number of benzene rings is 2. The lowest BCUT2D eigenvalue weighted by atomic mass is 9.98. The van der Waals surface area contributed by atoms with Crippen LogP contribution >= 0.6 is 0 Å². The highest BCUT2D eigenvalue weighted by Gasteiger charge is 2.53. The van der Waals surface area contributed by atoms with Crippen molar-refractivity contribution in [2.24, 2.45) is 0 Å². The van der Waals surface area contributed by atoms with Gasteiger partial charge >= 0.3 is 5.97 Å². The molecule has 0 aromatic heterocycles. The van der Waals surface area contributed by atoms with E-state index in [0.717, 1.165) is 11.1 Å². The zero-order valence-electron chi connectivity index (χ0n) is 20.5. The fourth-order valence-corrected chi connectivity index (χ4v) is 4.13. The summed E-state index contributed by atoms with van der Waals surface area (Å²) in [5.74, 6) is -0.738. The molecular formula is C27H32O11. The van der Waals surface area contributed by atoms with Crippen molar-refractivity contribution < 1.29 is 54.0 Å². The minimum absolute atomic E-state index is 0.0793. The Morgan fingerprint density at radius 1 is 1.00 bits per heavy atom. The van der Waals surface area contributed by atoms with Gasteiger partial charge in [0.2, 0.25) is 0 Å². The molecule has 2 fully saturated rings. The molecule has 5 N–H and O–H groups in total. The van der Waals surface area contributed by atoms with Crippen LogP contribution in [0.3, 0.4) is 0 Å². The Hall–Kier alpha value is -2.71. The highest BCUT2D eigenvalue weighted by Crippen LogP contribution is 2.31. The first-order chi connectivity index (χ1) is 18.3. The molecular weight excluding hydrogens is 500 g/mol. The van der Waals surface area contributed by atoms with Crippen LogP contribution in [0, 0.1) is 0 Å². The Morgan fingerprint density at radius 3 is 2.37 bits per heavy atom. The third kappa shape index (κ3) is 6.83. The van der Waals surface area contributed by atoms with Gasteiger partial charge in [0, 0.05) is 6.08 Å². The maximum Gasteiger partial charge on any atom is 0.330 e. The maximum atomic E-state index is 12.1. The quantitative estimate of drug-likeness (QED) is 0.202. The zero-order chi connectivity index (χ0) is 27.1. The first-order valence-electron chi connectivity index (χ1n) is 12.2. The molecule has 2 aromatic carbocycles. The van der Waals surface area contributed by atoms with Gasteiger partial charge in [-0.25, -0.2) is 4.79 Å². The number of esters is 1. The van der Waals surface area contributed by atoms with E-state index in [4.69, 9.17) is 23.7 Å². The van der Waals surface area contributed by atoms with E-state index in [9.17, 15) is 30.3 Å². The summed E-state index contributed by atoms with van der Waals surface area (Å²) in [6, 6.07) is 18.2. The minimum atomic E-state index is -2.00. The van der Waals surface area contributed by atoms with Crippen molar-refractivity contribution in [3.05, 3.63) is 77.9 Å². The van der Waals surface area contributed by atoms with E-state index in [-0.39, 0.29) is 6.61 Å². The van der Waals surface area contributed by atoms with Gasteiger partial charge in [-0.05, 0) is 17.2 Å². The molecule has 0 bridgehead atoms. The van der Waals surface area contributed by atoms with Crippen LogP contribution in [0.1, 0.15) is 11.1 Å². The lowest BCUT2D eigenvalue weighted by Gasteiger charge is -2.42. The van der Waals surface area contributed by atoms with Crippen LogP contribution in [0.25, 0.3) is 6.08 Å². The van der Waals surface area contributed by atoms with E-state index in [1.54, 1.807) is 18.2 Å². The lowest BCUT2D eigenvalue weighted by molar-refractivity contribution is -0.331. The number of ether oxygens (including phenoxy) is 5. The number of hydrogen-bond acceptors (Lipinski definition) is 11. The van der Waals surface area contributed by atoms with E-state index in [1.807, 2.05) is 48.5 Å². The van der Waals surface area contributed by atoms with Crippen molar-refractivity contribution in [3.63, 3.8) is 0 Å². The molecule has 0 radical (unpaired) electrons. The summed E-state index contributed by atoms with van der Waals surface area (Å²) >= 11 is 0. The SMILES string of the molecule is O=C(C=Cc1ccccc1)OC[C@@]1(O)CO[C@@H](O[C@@H]2[C@@H](O)[C@H](OCc3ccccc3)O[C@H](CO)[C@H]2O)[C@@H]1O. The normalized spacial score (nSPS) is 33.4. The lowest BCUT2D eigenvalue weighted by Crippen LogP contribution is -2.61. The third-order valence-corrected chi connectivity index (χ3v) is 6.35. The second kappa shape index (κ2) is 12.9. The fraction of sp³-hybridized carbons (Fsp3) is 0.444. The Morgan fingerprint density at radius 2 is 1.68 bits per heavy atom. The smallest absolute Gasteiger partial charge is 0.330 e. The Labute approximate surface area is 219 Å². The number of hydrogen-bond donors (Lipinski definition) is 5. The molecule has 2 saturated heterocycles. The Balaban J connectivity index is 1.34. The van der Waals surface area contributed by atoms with Crippen LogP contribution in [-0.4, -0.2) is 100 Å². The standard InChI is InChI=1S/C27H32O11/c28-13-19-21(30)23(22(31)25(37-19)34-14-18-9-5-2-6-10-18)38-26-24(32)27(33,16-36-26)15-35-20(29)12-11-17-7-3-1-4-8-17/h1-12,19,21-26,28,30-33H,13-16H2/t19-,21-,22-,23+,24+,25-,26+,27-/m1/s1. The molecule has 11 heteroatoms. The second-order valence-electron chi connectivity index (χ2n) is 9.18. The van der Waals surface area contributed by atoms with Crippen molar-refractivity contribution in [1.82, 2.24) is 0 Å². The molecule has 206 valence electrons. The van der Waals surface area contributed by atoms with Crippen molar-refractivity contribution in [3.8, 4) is 0 Å². The van der Waals surface area contributed by atoms with Gasteiger partial charge in [0.15, 0.2) is 18.2 Å². The molecule has 0 spiro atoms. The molecule has 2 aromatic rings. The number of rotatable bonds is 10. The predicted molar refractivity (Wildman–Crippen MR) is 131 cm³/mol. The molecule has 4 rings (SSSR count). The molecule has 38 heavy (non-hydrogen) atoms. The van der Waals surface area contributed by atoms with Gasteiger partial charge in [-0.15, -0.1) is 0 Å². The summed E-state index contributed by atoms with van der Waals surface area (Å²) in [7, 11) is 0. The van der Waals surface area contributed by atoms with Crippen LogP contribution < -0.4 is 0 Å². The van der Waals surface area contributed by atoms with Crippen LogP contribution in [0.15, 0.2) is 66.7 Å². The average Bonchev–Trinajstić information content (AvgIpc) is 3.22. The highest BCUT2D eigenvalue weighted by atomic mass is 16.7. The van der Waals surface area contributed by atoms with Gasteiger partial charge in [-0.1, -0.05) is 60.7 Å². The van der Waals surface area contributed by atoms with Crippen molar-refractivity contribution in [2.45, 2.75) is 55.3 Å². The Kier molecular flexibility index (Phi) is 9.60. The van der Waals surface area contributed by atoms with E-state index >= 15 is 0 Å². The Bertz CT molecular complexity index is 1050. The molecule has 0 unspecified atom stereocenters. The molecule has 0 amide bonds. The fourth-order valence-electron chi connectivity index (χ4n) is 4.13. The van der Waals surface area contributed by atoms with Crippen LogP contribution in [-0.2, 0) is 35.1 Å². The third-order valence-electron chi connectivity index (χ3n) is 6.35. The zero-order valence-corrected chi connectivity index (χ0v) is 20.5. The van der Waals surface area contributed by atoms with Gasteiger partial charge in [-0.3, -0.25) is 0 Å². The molecule has 2 aliphatic rings. The van der Waals surface area contributed by atoms with Gasteiger partial charge in [0.25, 0.3) is 0 Å². The summed E-state index contributed by atoms with van der Waals surface area (Å²) in [5.41, 5.74) is -0.413. The molecule has 11 nitrogen and oxygen atoms in total. The summed E-state index contributed by atoms with van der Waals surface area (Å²) < 4.78 is 27.3. The average molecular weight is 533 g/mol. The van der Waals surface area contributed by atoms with Crippen molar-refractivity contribution >= 4 is 12.0 Å². The monoisotopic (exact) mass is 532 g/mol. The number of aliphatic hydroxyl groups excluding tert-OH is 4. The van der Waals surface area contributed by atoms with Gasteiger partial charge < -0.3 is 49.2 Å².